The van der Waals surface area contributed by atoms with Crippen molar-refractivity contribution < 1.29 is 9.59 Å². The second kappa shape index (κ2) is 14.4. The van der Waals surface area contributed by atoms with E-state index in [2.05, 4.69) is 36.1 Å². The normalized spacial score (nSPS) is 18.0. The van der Waals surface area contributed by atoms with E-state index in [1.807, 2.05) is 93.8 Å². The topological polar surface area (TPSA) is 63.2 Å². The van der Waals surface area contributed by atoms with Gasteiger partial charge >= 0.3 is 0 Å². The molecule has 5 nitrogen and oxygen atoms in total. The van der Waals surface area contributed by atoms with Crippen LogP contribution in [0.2, 0.25) is 0 Å². The lowest BCUT2D eigenvalue weighted by Gasteiger charge is -2.30. The van der Waals surface area contributed by atoms with Crippen LogP contribution < -0.4 is 4.90 Å². The summed E-state index contributed by atoms with van der Waals surface area (Å²) < 4.78 is 0. The number of carbonyl (C=O) groups excluding carboxylic acids is 2. The molecule has 0 N–H and O–H groups in total. The second-order valence-corrected chi connectivity index (χ2v) is 13.6. The first-order valence-electron chi connectivity index (χ1n) is 17.1. The van der Waals surface area contributed by atoms with Crippen LogP contribution in [0.15, 0.2) is 103 Å². The molecule has 1 fully saturated rings. The summed E-state index contributed by atoms with van der Waals surface area (Å²) in [6, 6.07) is 29.2. The third-order valence-corrected chi connectivity index (χ3v) is 10.1. The first kappa shape index (κ1) is 32.3. The second-order valence-electron chi connectivity index (χ2n) is 13.6. The lowest BCUT2D eigenvalue weighted by Crippen LogP contribution is -2.24. The van der Waals surface area contributed by atoms with Crippen LogP contribution >= 0.6 is 0 Å². The number of carbonyl (C=O) groups is 2. The molecule has 1 aliphatic rings. The van der Waals surface area contributed by atoms with E-state index < -0.39 is 0 Å². The van der Waals surface area contributed by atoms with E-state index in [0.717, 1.165) is 46.2 Å². The minimum atomic E-state index is -0.164. The van der Waals surface area contributed by atoms with Crippen molar-refractivity contribution in [2.24, 2.45) is 23.7 Å². The number of benzene rings is 4. The third kappa shape index (κ3) is 7.20. The standard InChI is InChI=1S/C42H45N3O2/c1-28(29(2)40(46)35-17-7-8-18-36(35)41(47)34-20-12-15-32-14-5-6-16-33(32)34)27-31-25-23-30(24-26-31)13-11-22-39-43-38-21-10-9-19-37(38)42(44-39)45(3)4/h5-21,28-31H,22-27H2,1-4H3/b13-11+. The van der Waals surface area contributed by atoms with Gasteiger partial charge in [-0.15, -0.1) is 0 Å². The number of Topliss-reactive ketones (excluding diaryl/α,β-unsaturated/α-hetero) is 1. The molecule has 4 aromatic carbocycles. The molecule has 1 saturated carbocycles. The molecule has 0 saturated heterocycles. The van der Waals surface area contributed by atoms with Crippen molar-refractivity contribution in [3.63, 3.8) is 0 Å². The molecular formula is C42H45N3O2. The summed E-state index contributed by atoms with van der Waals surface area (Å²) in [5.74, 6) is 3.03. The van der Waals surface area contributed by atoms with Crippen LogP contribution in [0.3, 0.4) is 0 Å². The van der Waals surface area contributed by atoms with Crippen LogP contribution in [0.1, 0.15) is 78.1 Å². The fraction of sp³-hybridized carbons (Fsp3) is 0.333. The highest BCUT2D eigenvalue weighted by Gasteiger charge is 2.29. The van der Waals surface area contributed by atoms with Gasteiger partial charge in [-0.2, -0.15) is 0 Å². The number of allylic oxidation sites excluding steroid dienone is 2. The molecule has 0 radical (unpaired) electrons. The molecule has 2 atom stereocenters. The van der Waals surface area contributed by atoms with E-state index in [9.17, 15) is 9.59 Å². The monoisotopic (exact) mass is 623 g/mol. The van der Waals surface area contributed by atoms with E-state index in [1.54, 1.807) is 6.07 Å². The average molecular weight is 624 g/mol. The van der Waals surface area contributed by atoms with Crippen molar-refractivity contribution in [3.8, 4) is 0 Å². The Hall–Kier alpha value is -4.64. The predicted octanol–water partition coefficient (Wildman–Crippen LogP) is 9.53. The van der Waals surface area contributed by atoms with Crippen LogP contribution in [0.4, 0.5) is 5.82 Å². The van der Waals surface area contributed by atoms with Crippen LogP contribution in [0, 0.1) is 23.7 Å². The highest BCUT2D eigenvalue weighted by Crippen LogP contribution is 2.36. The fourth-order valence-corrected chi connectivity index (χ4v) is 7.22. The summed E-state index contributed by atoms with van der Waals surface area (Å²) in [4.78, 5) is 39.4. The lowest BCUT2D eigenvalue weighted by molar-refractivity contribution is 0.0868. The quantitative estimate of drug-likeness (QED) is 0.108. The summed E-state index contributed by atoms with van der Waals surface area (Å²) >= 11 is 0. The highest BCUT2D eigenvalue weighted by atomic mass is 16.1. The number of anilines is 1. The Kier molecular flexibility index (Phi) is 9.91. The Morgan fingerprint density at radius 3 is 2.17 bits per heavy atom. The maximum absolute atomic E-state index is 13.9. The van der Waals surface area contributed by atoms with Crippen LogP contribution in [0.25, 0.3) is 21.7 Å². The molecule has 0 amide bonds. The summed E-state index contributed by atoms with van der Waals surface area (Å²) in [6.07, 6.45) is 11.0. The van der Waals surface area contributed by atoms with E-state index in [4.69, 9.17) is 9.97 Å². The van der Waals surface area contributed by atoms with Gasteiger partial charge in [0.2, 0.25) is 0 Å². The van der Waals surface area contributed by atoms with Gasteiger partial charge in [0.1, 0.15) is 11.6 Å². The fourth-order valence-electron chi connectivity index (χ4n) is 7.22. The van der Waals surface area contributed by atoms with E-state index >= 15 is 0 Å². The zero-order valence-electron chi connectivity index (χ0n) is 28.0. The Balaban J connectivity index is 1.05. The number of hydrogen-bond acceptors (Lipinski definition) is 5. The van der Waals surface area contributed by atoms with Gasteiger partial charge < -0.3 is 4.90 Å². The van der Waals surface area contributed by atoms with E-state index in [0.29, 0.717) is 28.5 Å². The molecule has 1 aliphatic carbocycles. The number of para-hydroxylation sites is 1. The number of hydrogen-bond donors (Lipinski definition) is 0. The molecule has 0 aliphatic heterocycles. The molecular weight excluding hydrogens is 578 g/mol. The van der Waals surface area contributed by atoms with Gasteiger partial charge in [-0.05, 0) is 72.8 Å². The van der Waals surface area contributed by atoms with Crippen molar-refractivity contribution in [1.29, 1.82) is 0 Å². The van der Waals surface area contributed by atoms with E-state index in [1.165, 1.54) is 25.7 Å². The summed E-state index contributed by atoms with van der Waals surface area (Å²) in [5.41, 5.74) is 2.65. The number of nitrogens with zero attached hydrogens (tertiary/aromatic N) is 3. The smallest absolute Gasteiger partial charge is 0.194 e. The first-order chi connectivity index (χ1) is 22.8. The zero-order chi connectivity index (χ0) is 32.9. The predicted molar refractivity (Wildman–Crippen MR) is 193 cm³/mol. The Morgan fingerprint density at radius 1 is 0.766 bits per heavy atom. The molecule has 5 heteroatoms. The maximum atomic E-state index is 13.9. The molecule has 1 heterocycles. The molecule has 0 bridgehead atoms. The molecule has 47 heavy (non-hydrogen) atoms. The molecule has 0 spiro atoms. The third-order valence-electron chi connectivity index (χ3n) is 10.1. The molecule has 240 valence electrons. The van der Waals surface area contributed by atoms with Crippen molar-refractivity contribution in [2.75, 3.05) is 19.0 Å². The number of ketones is 2. The van der Waals surface area contributed by atoms with Crippen molar-refractivity contribution in [3.05, 3.63) is 126 Å². The SMILES string of the molecule is CC(CC1CCC(/C=C/Cc2nc(N(C)C)c3ccccc3n2)CC1)C(C)C(=O)c1ccccc1C(=O)c1cccc2ccccc12. The van der Waals surface area contributed by atoms with E-state index in [-0.39, 0.29) is 23.4 Å². The van der Waals surface area contributed by atoms with Crippen LogP contribution in [-0.2, 0) is 6.42 Å². The van der Waals surface area contributed by atoms with Gasteiger partial charge in [0, 0.05) is 48.5 Å². The Morgan fingerprint density at radius 2 is 1.40 bits per heavy atom. The van der Waals surface area contributed by atoms with Gasteiger partial charge in [-0.3, -0.25) is 9.59 Å². The molecule has 6 rings (SSSR count). The molecule has 5 aromatic rings. The summed E-state index contributed by atoms with van der Waals surface area (Å²) in [7, 11) is 4.05. The zero-order valence-corrected chi connectivity index (χ0v) is 28.0. The average Bonchev–Trinajstić information content (AvgIpc) is 3.10. The van der Waals surface area contributed by atoms with Gasteiger partial charge in [-0.1, -0.05) is 105 Å². The number of rotatable bonds is 11. The van der Waals surface area contributed by atoms with Gasteiger partial charge in [-0.25, -0.2) is 9.97 Å². The van der Waals surface area contributed by atoms with Gasteiger partial charge in [0.15, 0.2) is 11.6 Å². The highest BCUT2D eigenvalue weighted by molar-refractivity contribution is 6.20. The van der Waals surface area contributed by atoms with Crippen molar-refractivity contribution in [2.45, 2.75) is 52.4 Å². The largest absolute Gasteiger partial charge is 0.362 e. The van der Waals surface area contributed by atoms with Crippen molar-refractivity contribution >= 4 is 39.1 Å². The van der Waals surface area contributed by atoms with Gasteiger partial charge in [0.05, 0.1) is 5.52 Å². The molecule has 1 aromatic heterocycles. The minimum Gasteiger partial charge on any atom is -0.362 e. The minimum absolute atomic E-state index is 0.0617. The Bertz CT molecular complexity index is 1910. The molecule has 2 unspecified atom stereocenters. The van der Waals surface area contributed by atoms with Crippen LogP contribution in [0.5, 0.6) is 0 Å². The van der Waals surface area contributed by atoms with Gasteiger partial charge in [0.25, 0.3) is 0 Å². The lowest BCUT2D eigenvalue weighted by atomic mass is 9.74. The summed E-state index contributed by atoms with van der Waals surface area (Å²) in [5, 5.41) is 3.01. The number of fused-ring (bicyclic) bond motifs is 2. The van der Waals surface area contributed by atoms with Crippen molar-refractivity contribution in [1.82, 2.24) is 9.97 Å². The number of aromatic nitrogens is 2. The Labute approximate surface area is 278 Å². The first-order valence-corrected chi connectivity index (χ1v) is 17.1. The summed E-state index contributed by atoms with van der Waals surface area (Å²) in [6.45, 7) is 4.24. The maximum Gasteiger partial charge on any atom is 0.194 e. The van der Waals surface area contributed by atoms with Crippen LogP contribution in [-0.4, -0.2) is 35.6 Å².